The Morgan fingerprint density at radius 3 is 0.816 bits per heavy atom. The molecular formula is C81H159NO5. The number of amides is 1. The molecule has 6 heteroatoms. The second-order valence-electron chi connectivity index (χ2n) is 28.1. The molecule has 518 valence electrons. The topological polar surface area (TPSA) is 95.9 Å². The van der Waals surface area contributed by atoms with E-state index < -0.39 is 12.1 Å². The van der Waals surface area contributed by atoms with Crippen LogP contribution in [-0.4, -0.2) is 47.4 Å². The van der Waals surface area contributed by atoms with Crippen LogP contribution in [0.5, 0.6) is 0 Å². The molecule has 1 amide bonds. The average molecular weight is 1230 g/mol. The van der Waals surface area contributed by atoms with Gasteiger partial charge in [0.25, 0.3) is 0 Å². The molecular weight excluding hydrogens is 1070 g/mol. The van der Waals surface area contributed by atoms with Gasteiger partial charge in [-0.1, -0.05) is 418 Å². The highest BCUT2D eigenvalue weighted by atomic mass is 16.5. The van der Waals surface area contributed by atoms with Gasteiger partial charge < -0.3 is 20.3 Å². The van der Waals surface area contributed by atoms with Crippen LogP contribution in [0, 0.1) is 0 Å². The smallest absolute Gasteiger partial charge is 0.305 e. The summed E-state index contributed by atoms with van der Waals surface area (Å²) in [6, 6.07) is -0.539. The number of unbranched alkanes of at least 4 members (excludes halogenated alkanes) is 64. The molecule has 87 heavy (non-hydrogen) atoms. The molecule has 0 saturated carbocycles. The Hall–Kier alpha value is -1.40. The second kappa shape index (κ2) is 77.1. The van der Waals surface area contributed by atoms with Gasteiger partial charge in [-0.2, -0.15) is 0 Å². The molecule has 0 aliphatic rings. The summed E-state index contributed by atoms with van der Waals surface area (Å²) in [6.07, 6.45) is 97.4. The SMILES string of the molecule is CCCCCCC/C=C\CCCCCCCC(=O)OCCCCCCCCCCCCCCCCCCCCCCCCCCCCCCCCCCC(=O)NC(CO)C(O)CCCCCCCCCCCCCCCCCCCCCCCCCC. The fourth-order valence-corrected chi connectivity index (χ4v) is 13.2. The largest absolute Gasteiger partial charge is 0.466 e. The van der Waals surface area contributed by atoms with Crippen LogP contribution in [0.2, 0.25) is 0 Å². The normalized spacial score (nSPS) is 12.5. The van der Waals surface area contributed by atoms with Gasteiger partial charge in [0.15, 0.2) is 0 Å². The Morgan fingerprint density at radius 1 is 0.310 bits per heavy atom. The minimum atomic E-state index is -0.662. The first kappa shape index (κ1) is 85.6. The van der Waals surface area contributed by atoms with Gasteiger partial charge in [-0.25, -0.2) is 0 Å². The van der Waals surface area contributed by atoms with Crippen molar-refractivity contribution < 1.29 is 24.5 Å². The summed E-state index contributed by atoms with van der Waals surface area (Å²) in [5.41, 5.74) is 0. The highest BCUT2D eigenvalue weighted by molar-refractivity contribution is 5.76. The number of hydrogen-bond donors (Lipinski definition) is 3. The molecule has 0 bridgehead atoms. The number of esters is 1. The Kier molecular flexibility index (Phi) is 75.8. The Morgan fingerprint density at radius 2 is 0.540 bits per heavy atom. The summed E-state index contributed by atoms with van der Waals surface area (Å²) in [6.45, 7) is 5.00. The van der Waals surface area contributed by atoms with Gasteiger partial charge in [0, 0.05) is 12.8 Å². The van der Waals surface area contributed by atoms with Crippen molar-refractivity contribution in [2.45, 2.75) is 482 Å². The van der Waals surface area contributed by atoms with E-state index in [0.29, 0.717) is 25.9 Å². The molecule has 0 radical (unpaired) electrons. The molecule has 0 aliphatic carbocycles. The van der Waals surface area contributed by atoms with E-state index in [1.807, 2.05) is 0 Å². The number of hydrogen-bond acceptors (Lipinski definition) is 5. The molecule has 0 aromatic rings. The predicted octanol–water partition coefficient (Wildman–Crippen LogP) is 26.7. The van der Waals surface area contributed by atoms with Crippen molar-refractivity contribution in [3.8, 4) is 0 Å². The number of carbonyl (C=O) groups excluding carboxylic acids is 2. The van der Waals surface area contributed by atoms with Crippen LogP contribution in [0.3, 0.4) is 0 Å². The van der Waals surface area contributed by atoms with Crippen LogP contribution < -0.4 is 5.32 Å². The van der Waals surface area contributed by atoms with Crippen molar-refractivity contribution in [1.29, 1.82) is 0 Å². The standard InChI is InChI=1S/C81H159NO5/c1-3-5-7-9-11-13-15-17-19-20-21-22-23-34-37-40-43-46-49-53-57-61-65-69-73-79(84)78(77-83)82-80(85)74-70-66-62-58-54-50-47-44-41-38-35-32-30-28-26-24-25-27-29-31-33-36-39-42-45-48-52-56-60-64-68-72-76-87-81(86)75-71-67-63-59-55-51-18-16-14-12-10-8-6-4-2/h16,18,78-79,83-84H,3-15,17,19-77H2,1-2H3,(H,82,85)/b18-16-. The zero-order chi connectivity index (χ0) is 62.8. The van der Waals surface area contributed by atoms with Crippen molar-refractivity contribution in [3.63, 3.8) is 0 Å². The van der Waals surface area contributed by atoms with Crippen molar-refractivity contribution in [2.24, 2.45) is 0 Å². The third-order valence-corrected chi connectivity index (χ3v) is 19.3. The Labute approximate surface area is 546 Å². The van der Waals surface area contributed by atoms with E-state index >= 15 is 0 Å². The molecule has 0 aromatic heterocycles. The summed E-state index contributed by atoms with van der Waals surface area (Å²) in [7, 11) is 0. The fraction of sp³-hybridized carbons (Fsp3) is 0.951. The molecule has 0 aromatic carbocycles. The minimum absolute atomic E-state index is 0.0139. The summed E-state index contributed by atoms with van der Waals surface area (Å²) >= 11 is 0. The van der Waals surface area contributed by atoms with Crippen LogP contribution in [0.4, 0.5) is 0 Å². The lowest BCUT2D eigenvalue weighted by atomic mass is 10.0. The van der Waals surface area contributed by atoms with Gasteiger partial charge in [-0.15, -0.1) is 0 Å². The summed E-state index contributed by atoms with van der Waals surface area (Å²) in [5, 5.41) is 23.5. The zero-order valence-electron chi connectivity index (χ0n) is 59.5. The van der Waals surface area contributed by atoms with Crippen molar-refractivity contribution in [3.05, 3.63) is 12.2 Å². The maximum absolute atomic E-state index is 12.6. The number of aliphatic hydroxyl groups excluding tert-OH is 2. The van der Waals surface area contributed by atoms with E-state index in [9.17, 15) is 19.8 Å². The number of rotatable bonds is 77. The summed E-state index contributed by atoms with van der Waals surface area (Å²) < 4.78 is 5.49. The Balaban J connectivity index is 3.33. The first-order chi connectivity index (χ1) is 43.0. The highest BCUT2D eigenvalue weighted by Crippen LogP contribution is 2.21. The van der Waals surface area contributed by atoms with E-state index in [2.05, 4.69) is 31.3 Å². The van der Waals surface area contributed by atoms with Crippen LogP contribution in [0.25, 0.3) is 0 Å². The van der Waals surface area contributed by atoms with E-state index in [-0.39, 0.29) is 18.5 Å². The molecule has 0 rings (SSSR count). The molecule has 0 aliphatic heterocycles. The number of nitrogens with one attached hydrogen (secondary N) is 1. The number of carbonyl (C=O) groups is 2. The van der Waals surface area contributed by atoms with Gasteiger partial charge >= 0.3 is 5.97 Å². The maximum atomic E-state index is 12.6. The van der Waals surface area contributed by atoms with Gasteiger partial charge in [0.05, 0.1) is 25.4 Å². The lowest BCUT2D eigenvalue weighted by molar-refractivity contribution is -0.143. The third-order valence-electron chi connectivity index (χ3n) is 19.3. The first-order valence-electron chi connectivity index (χ1n) is 40.4. The van der Waals surface area contributed by atoms with Gasteiger partial charge in [-0.05, 0) is 51.4 Å². The van der Waals surface area contributed by atoms with Crippen molar-refractivity contribution >= 4 is 11.9 Å². The summed E-state index contributed by atoms with van der Waals surface area (Å²) in [5.74, 6) is -0.0102. The molecule has 0 saturated heterocycles. The van der Waals surface area contributed by atoms with E-state index in [1.54, 1.807) is 0 Å². The molecule has 0 heterocycles. The van der Waals surface area contributed by atoms with Gasteiger partial charge in [0.1, 0.15) is 0 Å². The highest BCUT2D eigenvalue weighted by Gasteiger charge is 2.20. The monoisotopic (exact) mass is 1230 g/mol. The average Bonchev–Trinajstić information content (AvgIpc) is 3.52. The summed E-state index contributed by atoms with van der Waals surface area (Å²) in [4.78, 5) is 24.7. The van der Waals surface area contributed by atoms with Crippen molar-refractivity contribution in [1.82, 2.24) is 5.32 Å². The van der Waals surface area contributed by atoms with Crippen LogP contribution in [-0.2, 0) is 14.3 Å². The number of ether oxygens (including phenoxy) is 1. The molecule has 3 N–H and O–H groups in total. The van der Waals surface area contributed by atoms with Crippen LogP contribution >= 0.6 is 0 Å². The lowest BCUT2D eigenvalue weighted by Crippen LogP contribution is -2.45. The number of aliphatic hydroxyl groups is 2. The second-order valence-corrected chi connectivity index (χ2v) is 28.1. The molecule has 6 nitrogen and oxygen atoms in total. The minimum Gasteiger partial charge on any atom is -0.466 e. The maximum Gasteiger partial charge on any atom is 0.305 e. The molecule has 2 atom stereocenters. The number of allylic oxidation sites excluding steroid dienone is 2. The predicted molar refractivity (Wildman–Crippen MR) is 384 cm³/mol. The van der Waals surface area contributed by atoms with Gasteiger partial charge in [-0.3, -0.25) is 9.59 Å². The third kappa shape index (κ3) is 73.5. The zero-order valence-corrected chi connectivity index (χ0v) is 59.5. The fourth-order valence-electron chi connectivity index (χ4n) is 13.2. The first-order valence-corrected chi connectivity index (χ1v) is 40.4. The van der Waals surface area contributed by atoms with E-state index in [1.165, 1.54) is 392 Å². The van der Waals surface area contributed by atoms with Crippen LogP contribution in [0.15, 0.2) is 12.2 Å². The quantitative estimate of drug-likeness (QED) is 0.0320. The molecule has 0 spiro atoms. The van der Waals surface area contributed by atoms with Crippen LogP contribution in [0.1, 0.15) is 470 Å². The molecule has 2 unspecified atom stereocenters. The Bertz CT molecular complexity index is 1320. The van der Waals surface area contributed by atoms with E-state index in [0.717, 1.165) is 44.9 Å². The van der Waals surface area contributed by atoms with Crippen molar-refractivity contribution in [2.75, 3.05) is 13.2 Å². The van der Waals surface area contributed by atoms with E-state index in [4.69, 9.17) is 4.74 Å². The molecule has 0 fully saturated rings. The lowest BCUT2D eigenvalue weighted by Gasteiger charge is -2.22. The van der Waals surface area contributed by atoms with Gasteiger partial charge in [0.2, 0.25) is 5.91 Å².